The molecule has 25 heavy (non-hydrogen) atoms. The van der Waals surface area contributed by atoms with Gasteiger partial charge >= 0.3 is 6.09 Å². The zero-order valence-corrected chi connectivity index (χ0v) is 14.3. The Morgan fingerprint density at radius 3 is 2.28 bits per heavy atom. The first kappa shape index (κ1) is 20.5. The first-order chi connectivity index (χ1) is 11.8. The minimum absolute atomic E-state index is 0.0210. The van der Waals surface area contributed by atoms with E-state index in [0.29, 0.717) is 0 Å². The van der Waals surface area contributed by atoms with Gasteiger partial charge in [-0.1, -0.05) is 6.92 Å². The van der Waals surface area contributed by atoms with Crippen molar-refractivity contribution in [2.45, 2.75) is 13.5 Å². The van der Waals surface area contributed by atoms with Gasteiger partial charge in [0.05, 0.1) is 44.0 Å². The Morgan fingerprint density at radius 1 is 1.24 bits per heavy atom. The van der Waals surface area contributed by atoms with Crippen LogP contribution in [0.1, 0.15) is 12.5 Å². The molecule has 0 aliphatic rings. The number of nitro groups is 1. The number of hydrogen-bond donors (Lipinski definition) is 3. The molecular weight excluding hydrogens is 336 g/mol. The number of nitro benzene ring substituents is 1. The summed E-state index contributed by atoms with van der Waals surface area (Å²) >= 11 is 0. The summed E-state index contributed by atoms with van der Waals surface area (Å²) < 4.78 is 15.1. The number of benzene rings is 1. The Morgan fingerprint density at radius 2 is 1.80 bits per heavy atom. The Labute approximate surface area is 144 Å². The van der Waals surface area contributed by atoms with Gasteiger partial charge in [0.15, 0.2) is 11.5 Å². The molecule has 0 spiro atoms. The van der Waals surface area contributed by atoms with Gasteiger partial charge in [-0.05, 0) is 6.07 Å². The molecule has 1 amide bonds. The molecule has 0 atom stereocenters. The molecule has 1 aromatic rings. The predicted molar refractivity (Wildman–Crippen MR) is 86.7 cm³/mol. The first-order valence-corrected chi connectivity index (χ1v) is 7.32. The maximum atomic E-state index is 11.7. The molecule has 0 saturated heterocycles. The van der Waals surface area contributed by atoms with Gasteiger partial charge in [-0.25, -0.2) is 4.79 Å². The van der Waals surface area contributed by atoms with E-state index in [2.05, 4.69) is 5.32 Å². The third-order valence-corrected chi connectivity index (χ3v) is 3.56. The first-order valence-electron chi connectivity index (χ1n) is 7.32. The molecule has 0 saturated carbocycles. The third kappa shape index (κ3) is 5.47. The van der Waals surface area contributed by atoms with Gasteiger partial charge in [-0.3, -0.25) is 10.1 Å². The van der Waals surface area contributed by atoms with Gasteiger partial charge in [0.2, 0.25) is 0 Å². The molecule has 0 fully saturated rings. The molecule has 10 heteroatoms. The second-order valence-corrected chi connectivity index (χ2v) is 5.65. The SMILES string of the molecule is COc1cc(COC(=O)NCC(C)(CO)CO)c([N+](=O)[O-])cc1OC. The maximum Gasteiger partial charge on any atom is 0.407 e. The molecule has 3 N–H and O–H groups in total. The quantitative estimate of drug-likeness (QED) is 0.435. The fourth-order valence-electron chi connectivity index (χ4n) is 1.84. The van der Waals surface area contributed by atoms with Crippen molar-refractivity contribution in [3.63, 3.8) is 0 Å². The standard InChI is InChI=1S/C15H22N2O8/c1-15(8-18,9-19)7-16-14(20)25-6-10-4-12(23-2)13(24-3)5-11(10)17(21)22/h4-5,18-19H,6-9H2,1-3H3,(H,16,20). The van der Waals surface area contributed by atoms with E-state index in [1.54, 1.807) is 6.92 Å². The second kappa shape index (κ2) is 9.04. The number of carbonyl (C=O) groups excluding carboxylic acids is 1. The van der Waals surface area contributed by atoms with Crippen LogP contribution >= 0.6 is 0 Å². The lowest BCUT2D eigenvalue weighted by atomic mass is 9.93. The van der Waals surface area contributed by atoms with E-state index in [4.69, 9.17) is 24.4 Å². The van der Waals surface area contributed by atoms with Crippen molar-refractivity contribution in [2.75, 3.05) is 34.0 Å². The number of aliphatic hydroxyl groups is 2. The monoisotopic (exact) mass is 358 g/mol. The number of amides is 1. The average Bonchev–Trinajstić information content (AvgIpc) is 2.63. The van der Waals surface area contributed by atoms with Crippen molar-refractivity contribution in [3.8, 4) is 11.5 Å². The van der Waals surface area contributed by atoms with E-state index >= 15 is 0 Å². The molecule has 0 radical (unpaired) electrons. The van der Waals surface area contributed by atoms with Crippen LogP contribution in [0.5, 0.6) is 11.5 Å². The molecular formula is C15H22N2O8. The van der Waals surface area contributed by atoms with Crippen LogP contribution in [0.2, 0.25) is 0 Å². The van der Waals surface area contributed by atoms with E-state index in [9.17, 15) is 14.9 Å². The summed E-state index contributed by atoms with van der Waals surface area (Å²) in [6, 6.07) is 2.54. The van der Waals surface area contributed by atoms with E-state index in [0.717, 1.165) is 0 Å². The van der Waals surface area contributed by atoms with Crippen LogP contribution in [0.4, 0.5) is 10.5 Å². The lowest BCUT2D eigenvalue weighted by Crippen LogP contribution is -2.40. The summed E-state index contributed by atoms with van der Waals surface area (Å²) in [5.41, 5.74) is -1.04. The molecule has 10 nitrogen and oxygen atoms in total. The number of alkyl carbamates (subject to hydrolysis) is 1. The Kier molecular flexibility index (Phi) is 7.40. The van der Waals surface area contributed by atoms with Crippen molar-refractivity contribution >= 4 is 11.8 Å². The zero-order valence-electron chi connectivity index (χ0n) is 14.3. The highest BCUT2D eigenvalue weighted by Crippen LogP contribution is 2.34. The van der Waals surface area contributed by atoms with Crippen LogP contribution < -0.4 is 14.8 Å². The van der Waals surface area contributed by atoms with Crippen molar-refractivity contribution < 1.29 is 34.1 Å². The van der Waals surface area contributed by atoms with Gasteiger partial charge in [0, 0.05) is 12.0 Å². The lowest BCUT2D eigenvalue weighted by Gasteiger charge is -2.24. The summed E-state index contributed by atoms with van der Waals surface area (Å²) in [6.07, 6.45) is -0.836. The zero-order chi connectivity index (χ0) is 19.0. The van der Waals surface area contributed by atoms with Crippen LogP contribution in [0.25, 0.3) is 0 Å². The van der Waals surface area contributed by atoms with Gasteiger partial charge in [-0.15, -0.1) is 0 Å². The van der Waals surface area contributed by atoms with Crippen LogP contribution in [-0.4, -0.2) is 55.2 Å². The molecule has 0 heterocycles. The van der Waals surface area contributed by atoms with Crippen LogP contribution in [0.15, 0.2) is 12.1 Å². The fourth-order valence-corrected chi connectivity index (χ4v) is 1.84. The van der Waals surface area contributed by atoms with Crippen LogP contribution in [0.3, 0.4) is 0 Å². The summed E-state index contributed by atoms with van der Waals surface area (Å²) in [5.74, 6) is 0.448. The minimum atomic E-state index is -0.894. The number of ether oxygens (including phenoxy) is 3. The van der Waals surface area contributed by atoms with E-state index < -0.39 is 16.4 Å². The van der Waals surface area contributed by atoms with Gasteiger partial charge in [0.25, 0.3) is 5.69 Å². The van der Waals surface area contributed by atoms with Crippen molar-refractivity contribution in [2.24, 2.45) is 5.41 Å². The third-order valence-electron chi connectivity index (χ3n) is 3.56. The maximum absolute atomic E-state index is 11.7. The number of nitrogens with zero attached hydrogens (tertiary/aromatic N) is 1. The normalized spacial score (nSPS) is 10.9. The summed E-state index contributed by atoms with van der Waals surface area (Å²) in [6.45, 7) is 0.534. The smallest absolute Gasteiger partial charge is 0.407 e. The molecule has 0 aliphatic carbocycles. The number of aliphatic hydroxyl groups excluding tert-OH is 2. The van der Waals surface area contributed by atoms with Gasteiger partial charge in [-0.2, -0.15) is 0 Å². The van der Waals surface area contributed by atoms with Crippen molar-refractivity contribution in [1.82, 2.24) is 5.32 Å². The average molecular weight is 358 g/mol. The number of rotatable bonds is 9. The minimum Gasteiger partial charge on any atom is -0.493 e. The van der Waals surface area contributed by atoms with E-state index in [1.165, 1.54) is 26.4 Å². The lowest BCUT2D eigenvalue weighted by molar-refractivity contribution is -0.385. The molecule has 1 rings (SSSR count). The highest BCUT2D eigenvalue weighted by Gasteiger charge is 2.24. The number of methoxy groups -OCH3 is 2. The van der Waals surface area contributed by atoms with E-state index in [1.807, 2.05) is 0 Å². The molecule has 140 valence electrons. The summed E-state index contributed by atoms with van der Waals surface area (Å²) in [4.78, 5) is 22.3. The van der Waals surface area contributed by atoms with Gasteiger partial charge in [0.1, 0.15) is 6.61 Å². The Hall–Kier alpha value is -2.59. The molecule has 0 unspecified atom stereocenters. The highest BCUT2D eigenvalue weighted by atomic mass is 16.6. The molecule has 0 bridgehead atoms. The fraction of sp³-hybridized carbons (Fsp3) is 0.533. The van der Waals surface area contributed by atoms with Crippen molar-refractivity contribution in [3.05, 3.63) is 27.8 Å². The molecule has 0 aromatic heterocycles. The topological polar surface area (TPSA) is 140 Å². The highest BCUT2D eigenvalue weighted by molar-refractivity contribution is 5.67. The number of carbonyl (C=O) groups is 1. The Bertz CT molecular complexity index is 616. The largest absolute Gasteiger partial charge is 0.493 e. The Balaban J connectivity index is 2.82. The van der Waals surface area contributed by atoms with Crippen LogP contribution in [-0.2, 0) is 11.3 Å². The van der Waals surface area contributed by atoms with Crippen LogP contribution in [0, 0.1) is 15.5 Å². The molecule has 0 aliphatic heterocycles. The molecule has 1 aromatic carbocycles. The van der Waals surface area contributed by atoms with Crippen molar-refractivity contribution in [1.29, 1.82) is 0 Å². The predicted octanol–water partition coefficient (Wildman–Crippen LogP) is 0.829. The summed E-state index contributed by atoms with van der Waals surface area (Å²) in [5, 5.41) is 31.9. The van der Waals surface area contributed by atoms with E-state index in [-0.39, 0.29) is 49.1 Å². The second-order valence-electron chi connectivity index (χ2n) is 5.65. The number of hydrogen-bond acceptors (Lipinski definition) is 8. The number of nitrogens with one attached hydrogen (secondary N) is 1. The van der Waals surface area contributed by atoms with Gasteiger partial charge < -0.3 is 29.7 Å². The summed E-state index contributed by atoms with van der Waals surface area (Å²) in [7, 11) is 2.73.